The maximum absolute atomic E-state index is 5.31. The van der Waals surface area contributed by atoms with E-state index in [-0.39, 0.29) is 0 Å². The smallest absolute Gasteiger partial charge is 0.161 e. The van der Waals surface area contributed by atoms with E-state index in [1.54, 1.807) is 7.11 Å². The van der Waals surface area contributed by atoms with Crippen LogP contribution < -0.4 is 10.1 Å². The second-order valence-electron chi connectivity index (χ2n) is 5.03. The monoisotopic (exact) mass is 285 g/mol. The zero-order valence-electron chi connectivity index (χ0n) is 13.2. The van der Waals surface area contributed by atoms with Crippen molar-refractivity contribution >= 4 is 5.82 Å². The topological polar surface area (TPSA) is 47.0 Å². The molecule has 0 radical (unpaired) electrons. The molecule has 1 heterocycles. The Kier molecular flexibility index (Phi) is 5.14. The first-order chi connectivity index (χ1) is 10.2. The Balaban J connectivity index is 2.43. The van der Waals surface area contributed by atoms with Crippen molar-refractivity contribution < 1.29 is 4.74 Å². The van der Waals surface area contributed by atoms with Gasteiger partial charge in [-0.1, -0.05) is 13.3 Å². The van der Waals surface area contributed by atoms with E-state index in [9.17, 15) is 0 Å². The average Bonchev–Trinajstić information content (AvgIpc) is 2.47. The van der Waals surface area contributed by atoms with Gasteiger partial charge >= 0.3 is 0 Å². The summed E-state index contributed by atoms with van der Waals surface area (Å²) in [5.41, 5.74) is 3.18. The maximum Gasteiger partial charge on any atom is 0.161 e. The molecule has 112 valence electrons. The normalized spacial score (nSPS) is 10.5. The summed E-state index contributed by atoms with van der Waals surface area (Å²) in [7, 11) is 1.68. The van der Waals surface area contributed by atoms with Crippen LogP contribution in [0.3, 0.4) is 0 Å². The highest BCUT2D eigenvalue weighted by molar-refractivity contribution is 5.60. The second-order valence-corrected chi connectivity index (χ2v) is 5.03. The molecule has 0 saturated heterocycles. The van der Waals surface area contributed by atoms with Gasteiger partial charge in [-0.25, -0.2) is 9.97 Å². The van der Waals surface area contributed by atoms with Crippen LogP contribution in [-0.2, 0) is 6.42 Å². The highest BCUT2D eigenvalue weighted by atomic mass is 16.5. The number of aryl methyl sites for hydroxylation is 2. The summed E-state index contributed by atoms with van der Waals surface area (Å²) >= 11 is 0. The Labute approximate surface area is 126 Å². The summed E-state index contributed by atoms with van der Waals surface area (Å²) in [6, 6.07) is 8.08. The molecule has 0 unspecified atom stereocenters. The lowest BCUT2D eigenvalue weighted by Gasteiger charge is -2.10. The lowest BCUT2D eigenvalue weighted by molar-refractivity contribution is 0.412. The van der Waals surface area contributed by atoms with Crippen molar-refractivity contribution in [2.24, 2.45) is 0 Å². The number of nitrogens with one attached hydrogen (secondary N) is 1. The summed E-state index contributed by atoms with van der Waals surface area (Å²) in [5, 5.41) is 3.28. The van der Waals surface area contributed by atoms with Crippen molar-refractivity contribution in [3.8, 4) is 17.1 Å². The Morgan fingerprint density at radius 2 is 1.95 bits per heavy atom. The highest BCUT2D eigenvalue weighted by Crippen LogP contribution is 2.25. The molecule has 0 aliphatic carbocycles. The van der Waals surface area contributed by atoms with E-state index in [2.05, 4.69) is 35.2 Å². The molecule has 0 atom stereocenters. The molecule has 0 spiro atoms. The van der Waals surface area contributed by atoms with Gasteiger partial charge in [0.1, 0.15) is 11.6 Å². The van der Waals surface area contributed by atoms with E-state index in [1.807, 2.05) is 25.1 Å². The van der Waals surface area contributed by atoms with Crippen molar-refractivity contribution in [3.05, 3.63) is 35.5 Å². The molecular weight excluding hydrogens is 262 g/mol. The predicted molar refractivity (Wildman–Crippen MR) is 86.9 cm³/mol. The minimum absolute atomic E-state index is 0.766. The third kappa shape index (κ3) is 3.72. The van der Waals surface area contributed by atoms with Gasteiger partial charge < -0.3 is 10.1 Å². The van der Waals surface area contributed by atoms with E-state index in [4.69, 9.17) is 4.74 Å². The number of aromatic nitrogens is 2. The fourth-order valence-corrected chi connectivity index (χ4v) is 2.30. The average molecular weight is 285 g/mol. The number of ether oxygens (including phenoxy) is 1. The van der Waals surface area contributed by atoms with Crippen molar-refractivity contribution in [2.45, 2.75) is 33.6 Å². The number of anilines is 1. The van der Waals surface area contributed by atoms with Gasteiger partial charge in [0.05, 0.1) is 7.11 Å². The van der Waals surface area contributed by atoms with Crippen LogP contribution in [0.15, 0.2) is 24.3 Å². The second kappa shape index (κ2) is 7.07. The number of benzene rings is 1. The van der Waals surface area contributed by atoms with Gasteiger partial charge in [-0.05, 0) is 44.0 Å². The molecule has 1 N–H and O–H groups in total. The van der Waals surface area contributed by atoms with E-state index in [1.165, 1.54) is 0 Å². The van der Waals surface area contributed by atoms with Crippen LogP contribution in [-0.4, -0.2) is 23.6 Å². The van der Waals surface area contributed by atoms with Crippen LogP contribution in [0.5, 0.6) is 5.75 Å². The Morgan fingerprint density at radius 1 is 1.14 bits per heavy atom. The van der Waals surface area contributed by atoms with Gasteiger partial charge in [-0.2, -0.15) is 0 Å². The molecule has 0 amide bonds. The Morgan fingerprint density at radius 3 is 2.57 bits per heavy atom. The van der Waals surface area contributed by atoms with Crippen LogP contribution in [0.2, 0.25) is 0 Å². The SMILES string of the molecule is CCCc1cc(NCC)nc(-c2ccc(OC)c(C)c2)n1. The first kappa shape index (κ1) is 15.3. The summed E-state index contributed by atoms with van der Waals surface area (Å²) in [6.45, 7) is 7.11. The van der Waals surface area contributed by atoms with Crippen LogP contribution in [0, 0.1) is 6.92 Å². The maximum atomic E-state index is 5.31. The number of hydrogen-bond acceptors (Lipinski definition) is 4. The third-order valence-electron chi connectivity index (χ3n) is 3.30. The molecule has 0 saturated carbocycles. The van der Waals surface area contributed by atoms with Crippen molar-refractivity contribution in [2.75, 3.05) is 19.0 Å². The van der Waals surface area contributed by atoms with E-state index in [0.717, 1.165) is 53.6 Å². The lowest BCUT2D eigenvalue weighted by atomic mass is 10.1. The fraction of sp³-hybridized carbons (Fsp3) is 0.412. The molecular formula is C17H23N3O. The van der Waals surface area contributed by atoms with Crippen LogP contribution >= 0.6 is 0 Å². The van der Waals surface area contributed by atoms with E-state index >= 15 is 0 Å². The minimum atomic E-state index is 0.766. The largest absolute Gasteiger partial charge is 0.496 e. The molecule has 0 bridgehead atoms. The minimum Gasteiger partial charge on any atom is -0.496 e. The number of rotatable bonds is 6. The summed E-state index contributed by atoms with van der Waals surface area (Å²) < 4.78 is 5.31. The van der Waals surface area contributed by atoms with Crippen LogP contribution in [0.1, 0.15) is 31.5 Å². The first-order valence-electron chi connectivity index (χ1n) is 7.44. The summed E-state index contributed by atoms with van der Waals surface area (Å²) in [4.78, 5) is 9.29. The molecule has 4 nitrogen and oxygen atoms in total. The Hall–Kier alpha value is -2.10. The van der Waals surface area contributed by atoms with Gasteiger partial charge in [0, 0.05) is 23.9 Å². The van der Waals surface area contributed by atoms with Crippen LogP contribution in [0.4, 0.5) is 5.82 Å². The van der Waals surface area contributed by atoms with Crippen molar-refractivity contribution in [3.63, 3.8) is 0 Å². The zero-order valence-corrected chi connectivity index (χ0v) is 13.2. The van der Waals surface area contributed by atoms with Gasteiger partial charge in [0.25, 0.3) is 0 Å². The van der Waals surface area contributed by atoms with Crippen molar-refractivity contribution in [1.82, 2.24) is 9.97 Å². The zero-order chi connectivity index (χ0) is 15.2. The standard InChI is InChI=1S/C17H23N3O/c1-5-7-14-11-16(18-6-2)20-17(19-14)13-8-9-15(21-4)12(3)10-13/h8-11H,5-7H2,1-4H3,(H,18,19,20). The third-order valence-corrected chi connectivity index (χ3v) is 3.30. The predicted octanol–water partition coefficient (Wildman–Crippen LogP) is 3.84. The van der Waals surface area contributed by atoms with Crippen molar-refractivity contribution in [1.29, 1.82) is 0 Å². The quantitative estimate of drug-likeness (QED) is 0.876. The lowest BCUT2D eigenvalue weighted by Crippen LogP contribution is -2.04. The van der Waals surface area contributed by atoms with E-state index < -0.39 is 0 Å². The molecule has 2 aromatic rings. The molecule has 0 aliphatic rings. The highest BCUT2D eigenvalue weighted by Gasteiger charge is 2.08. The molecule has 0 fully saturated rings. The molecule has 1 aromatic carbocycles. The molecule has 0 aliphatic heterocycles. The molecule has 21 heavy (non-hydrogen) atoms. The molecule has 4 heteroatoms. The number of methoxy groups -OCH3 is 1. The van der Waals surface area contributed by atoms with E-state index in [0.29, 0.717) is 0 Å². The first-order valence-corrected chi connectivity index (χ1v) is 7.44. The fourth-order valence-electron chi connectivity index (χ4n) is 2.30. The summed E-state index contributed by atoms with van der Waals surface area (Å²) in [6.07, 6.45) is 2.03. The summed E-state index contributed by atoms with van der Waals surface area (Å²) in [5.74, 6) is 2.54. The van der Waals surface area contributed by atoms with Gasteiger partial charge in [0.2, 0.25) is 0 Å². The number of hydrogen-bond donors (Lipinski definition) is 1. The van der Waals surface area contributed by atoms with Gasteiger partial charge in [0.15, 0.2) is 5.82 Å². The van der Waals surface area contributed by atoms with Gasteiger partial charge in [-0.3, -0.25) is 0 Å². The van der Waals surface area contributed by atoms with Crippen LogP contribution in [0.25, 0.3) is 11.4 Å². The molecule has 1 aromatic heterocycles. The molecule has 2 rings (SSSR count). The van der Waals surface area contributed by atoms with Gasteiger partial charge in [-0.15, -0.1) is 0 Å². The Bertz CT molecular complexity index is 587. The number of nitrogens with zero attached hydrogens (tertiary/aromatic N) is 2.